The van der Waals surface area contributed by atoms with Gasteiger partial charge in [0, 0.05) is 10.5 Å². The van der Waals surface area contributed by atoms with Crippen LogP contribution < -0.4 is 9.75 Å². The second-order valence-electron chi connectivity index (χ2n) is 5.53. The summed E-state index contributed by atoms with van der Waals surface area (Å²) in [7, 11) is 1.37. The number of nitrogens with zero attached hydrogens (tertiary/aromatic N) is 3. The molecular weight excluding hydrogens is 402 g/mol. The number of methoxy groups -OCH3 is 1. The molecule has 0 aliphatic carbocycles. The van der Waals surface area contributed by atoms with Crippen molar-refractivity contribution < 1.29 is 14.5 Å². The lowest BCUT2D eigenvalue weighted by Crippen LogP contribution is -2.21. The highest BCUT2D eigenvalue weighted by Crippen LogP contribution is 2.30. The number of hydrazone groups is 1. The first kappa shape index (κ1) is 17.8. The van der Waals surface area contributed by atoms with Gasteiger partial charge in [-0.15, -0.1) is 0 Å². The number of halogens is 1. The number of ether oxygens (including phenoxy) is 1. The van der Waals surface area contributed by atoms with Gasteiger partial charge in [0.1, 0.15) is 0 Å². The molecular formula is C18H14BrN3O4. The van der Waals surface area contributed by atoms with Crippen LogP contribution in [-0.4, -0.2) is 23.7 Å². The number of nitro groups is 1. The van der Waals surface area contributed by atoms with Crippen molar-refractivity contribution in [3.8, 4) is 5.75 Å². The Bertz CT molecular complexity index is 951. The average Bonchev–Trinajstić information content (AvgIpc) is 2.90. The van der Waals surface area contributed by atoms with Gasteiger partial charge >= 0.3 is 5.69 Å². The maximum atomic E-state index is 12.7. The van der Waals surface area contributed by atoms with Crippen molar-refractivity contribution in [2.45, 2.75) is 6.92 Å². The van der Waals surface area contributed by atoms with E-state index in [9.17, 15) is 14.9 Å². The van der Waals surface area contributed by atoms with Crippen LogP contribution >= 0.6 is 15.9 Å². The van der Waals surface area contributed by atoms with E-state index in [0.29, 0.717) is 22.5 Å². The second-order valence-corrected chi connectivity index (χ2v) is 6.44. The topological polar surface area (TPSA) is 85.0 Å². The Kier molecular flexibility index (Phi) is 4.85. The number of benzene rings is 2. The zero-order valence-corrected chi connectivity index (χ0v) is 15.6. The van der Waals surface area contributed by atoms with E-state index in [-0.39, 0.29) is 17.3 Å². The fraction of sp³-hybridized carbons (Fsp3) is 0.111. The van der Waals surface area contributed by atoms with Gasteiger partial charge in [-0.1, -0.05) is 22.0 Å². The van der Waals surface area contributed by atoms with Crippen molar-refractivity contribution >= 4 is 45.0 Å². The third-order valence-electron chi connectivity index (χ3n) is 3.84. The van der Waals surface area contributed by atoms with E-state index in [0.717, 1.165) is 4.47 Å². The molecule has 0 radical (unpaired) electrons. The molecule has 1 aliphatic heterocycles. The summed E-state index contributed by atoms with van der Waals surface area (Å²) in [6.07, 6.45) is 1.59. The lowest BCUT2D eigenvalue weighted by atomic mass is 10.1. The fourth-order valence-electron chi connectivity index (χ4n) is 2.55. The van der Waals surface area contributed by atoms with Crippen LogP contribution in [0.1, 0.15) is 12.5 Å². The predicted octanol–water partition coefficient (Wildman–Crippen LogP) is 4.17. The van der Waals surface area contributed by atoms with Gasteiger partial charge in [-0.05, 0) is 48.9 Å². The van der Waals surface area contributed by atoms with Gasteiger partial charge in [-0.3, -0.25) is 14.9 Å². The van der Waals surface area contributed by atoms with Crippen LogP contribution in [-0.2, 0) is 4.79 Å². The molecule has 0 unspecified atom stereocenters. The van der Waals surface area contributed by atoms with Gasteiger partial charge in [0.25, 0.3) is 5.91 Å². The molecule has 0 saturated carbocycles. The second kappa shape index (κ2) is 7.09. The molecule has 132 valence electrons. The average molecular weight is 416 g/mol. The van der Waals surface area contributed by atoms with Crippen LogP contribution in [0.4, 0.5) is 11.4 Å². The zero-order valence-electron chi connectivity index (χ0n) is 14.0. The maximum Gasteiger partial charge on any atom is 0.311 e. The molecule has 0 aromatic heterocycles. The van der Waals surface area contributed by atoms with Gasteiger partial charge in [0.2, 0.25) is 0 Å². The van der Waals surface area contributed by atoms with Crippen molar-refractivity contribution in [3.63, 3.8) is 0 Å². The summed E-state index contributed by atoms with van der Waals surface area (Å²) < 4.78 is 5.89. The highest BCUT2D eigenvalue weighted by atomic mass is 79.9. The summed E-state index contributed by atoms with van der Waals surface area (Å²) in [5.41, 5.74) is 1.92. The van der Waals surface area contributed by atoms with Crippen LogP contribution in [0.2, 0.25) is 0 Å². The quantitative estimate of drug-likeness (QED) is 0.425. The number of hydrogen-bond donors (Lipinski definition) is 0. The number of rotatable bonds is 4. The lowest BCUT2D eigenvalue weighted by Gasteiger charge is -2.11. The van der Waals surface area contributed by atoms with E-state index in [4.69, 9.17) is 4.74 Å². The normalized spacial score (nSPS) is 15.3. The van der Waals surface area contributed by atoms with Gasteiger partial charge in [-0.2, -0.15) is 10.1 Å². The summed E-state index contributed by atoms with van der Waals surface area (Å²) in [5.74, 6) is -0.125. The summed E-state index contributed by atoms with van der Waals surface area (Å²) in [4.78, 5) is 23.4. The van der Waals surface area contributed by atoms with E-state index >= 15 is 0 Å². The van der Waals surface area contributed by atoms with Gasteiger partial charge in [0.15, 0.2) is 5.75 Å². The van der Waals surface area contributed by atoms with E-state index in [1.54, 1.807) is 31.2 Å². The first-order chi connectivity index (χ1) is 12.4. The number of hydrogen-bond acceptors (Lipinski definition) is 5. The van der Waals surface area contributed by atoms with E-state index in [1.165, 1.54) is 24.3 Å². The molecule has 0 atom stereocenters. The first-order valence-electron chi connectivity index (χ1n) is 7.60. The molecule has 0 saturated heterocycles. The Hall–Kier alpha value is -3.00. The molecule has 1 amide bonds. The Labute approximate surface area is 157 Å². The van der Waals surface area contributed by atoms with Gasteiger partial charge in [-0.25, -0.2) is 0 Å². The molecule has 0 spiro atoms. The third-order valence-corrected chi connectivity index (χ3v) is 4.37. The number of amides is 1. The van der Waals surface area contributed by atoms with Crippen molar-refractivity contribution in [1.82, 2.24) is 0 Å². The van der Waals surface area contributed by atoms with Gasteiger partial charge in [0.05, 0.1) is 29.0 Å². The number of nitro benzene ring substituents is 1. The largest absolute Gasteiger partial charge is 0.490 e. The summed E-state index contributed by atoms with van der Waals surface area (Å²) in [6, 6.07) is 11.7. The summed E-state index contributed by atoms with van der Waals surface area (Å²) >= 11 is 3.35. The highest BCUT2D eigenvalue weighted by molar-refractivity contribution is 9.10. The minimum atomic E-state index is -0.521. The van der Waals surface area contributed by atoms with E-state index in [1.807, 2.05) is 12.1 Å². The van der Waals surface area contributed by atoms with Crippen molar-refractivity contribution in [1.29, 1.82) is 0 Å². The molecule has 7 nitrogen and oxygen atoms in total. The number of carbonyl (C=O) groups is 1. The SMILES string of the molecule is COc1ccc(C=C2C(=O)N(c3ccc(Br)cc3)N=C2C)cc1[N+](=O)[O-]. The molecule has 0 N–H and O–H groups in total. The van der Waals surface area contributed by atoms with Crippen molar-refractivity contribution in [2.24, 2.45) is 5.10 Å². The molecule has 3 rings (SSSR count). The molecule has 8 heteroatoms. The molecule has 2 aromatic rings. The molecule has 1 heterocycles. The first-order valence-corrected chi connectivity index (χ1v) is 8.39. The summed E-state index contributed by atoms with van der Waals surface area (Å²) in [6.45, 7) is 1.72. The van der Waals surface area contributed by atoms with Gasteiger partial charge < -0.3 is 4.74 Å². The Balaban J connectivity index is 1.96. The van der Waals surface area contributed by atoms with Crippen LogP contribution in [0.15, 0.2) is 57.6 Å². The third kappa shape index (κ3) is 3.36. The minimum Gasteiger partial charge on any atom is -0.490 e. The number of carbonyl (C=O) groups excluding carboxylic acids is 1. The standard InChI is InChI=1S/C18H14BrN3O4/c1-11-15(9-12-3-8-17(26-2)16(10-12)22(24)25)18(23)21(20-11)14-6-4-13(19)5-7-14/h3-10H,1-2H3. The smallest absolute Gasteiger partial charge is 0.311 e. The molecule has 0 fully saturated rings. The Morgan fingerprint density at radius 2 is 1.92 bits per heavy atom. The van der Waals surface area contributed by atoms with Crippen LogP contribution in [0, 0.1) is 10.1 Å². The molecule has 2 aromatic carbocycles. The Morgan fingerprint density at radius 1 is 1.23 bits per heavy atom. The van der Waals surface area contributed by atoms with Crippen molar-refractivity contribution in [2.75, 3.05) is 12.1 Å². The maximum absolute atomic E-state index is 12.7. The fourth-order valence-corrected chi connectivity index (χ4v) is 2.81. The van der Waals surface area contributed by atoms with Crippen LogP contribution in [0.25, 0.3) is 6.08 Å². The zero-order chi connectivity index (χ0) is 18.8. The highest BCUT2D eigenvalue weighted by Gasteiger charge is 2.29. The lowest BCUT2D eigenvalue weighted by molar-refractivity contribution is -0.385. The molecule has 0 bridgehead atoms. The number of anilines is 1. The monoisotopic (exact) mass is 415 g/mol. The van der Waals surface area contributed by atoms with E-state index in [2.05, 4.69) is 21.0 Å². The Morgan fingerprint density at radius 3 is 2.54 bits per heavy atom. The van der Waals surface area contributed by atoms with Crippen molar-refractivity contribution in [3.05, 3.63) is 68.2 Å². The minimum absolute atomic E-state index is 0.161. The van der Waals surface area contributed by atoms with E-state index < -0.39 is 4.92 Å². The molecule has 26 heavy (non-hydrogen) atoms. The summed E-state index contributed by atoms with van der Waals surface area (Å²) in [5, 5.41) is 16.8. The van der Waals surface area contributed by atoms with Crippen LogP contribution in [0.3, 0.4) is 0 Å². The predicted molar refractivity (Wildman–Crippen MR) is 102 cm³/mol. The van der Waals surface area contributed by atoms with Crippen LogP contribution in [0.5, 0.6) is 5.75 Å². The molecule has 1 aliphatic rings.